The molecule has 140 valence electrons. The molecule has 4 aromatic rings. The van der Waals surface area contributed by atoms with E-state index in [1.807, 2.05) is 30.3 Å². The van der Waals surface area contributed by atoms with Crippen molar-refractivity contribution in [2.24, 2.45) is 0 Å². The van der Waals surface area contributed by atoms with Gasteiger partial charge in [-0.25, -0.2) is 9.59 Å². The third kappa shape index (κ3) is 3.30. The zero-order valence-corrected chi connectivity index (χ0v) is 15.9. The van der Waals surface area contributed by atoms with E-state index in [0.29, 0.717) is 16.5 Å². The summed E-state index contributed by atoms with van der Waals surface area (Å²) in [4.78, 5) is 24.4. The van der Waals surface area contributed by atoms with E-state index >= 15 is 0 Å². The monoisotopic (exact) mass is 413 g/mol. The zero-order chi connectivity index (χ0) is 19.8. The molecule has 1 heterocycles. The fourth-order valence-electron chi connectivity index (χ4n) is 3.11. The minimum atomic E-state index is -0.691. The van der Waals surface area contributed by atoms with Crippen molar-refractivity contribution in [2.75, 3.05) is 5.73 Å². The fraction of sp³-hybridized carbons (Fsp3) is 0.0476. The maximum absolute atomic E-state index is 12.5. The Hall–Kier alpha value is -3.02. The minimum Gasteiger partial charge on any atom is -0.457 e. The highest BCUT2D eigenvalue weighted by molar-refractivity contribution is 6.37. The molecule has 5 nitrogen and oxygen atoms in total. The summed E-state index contributed by atoms with van der Waals surface area (Å²) in [6.45, 7) is -0.140. The van der Waals surface area contributed by atoms with E-state index in [9.17, 15) is 9.59 Å². The van der Waals surface area contributed by atoms with E-state index in [0.717, 1.165) is 10.8 Å². The Bertz CT molecular complexity index is 1300. The van der Waals surface area contributed by atoms with Gasteiger partial charge in [-0.2, -0.15) is 0 Å². The van der Waals surface area contributed by atoms with E-state index in [1.54, 1.807) is 6.07 Å². The molecule has 0 saturated carbocycles. The Morgan fingerprint density at radius 2 is 1.86 bits per heavy atom. The molecule has 0 spiro atoms. The van der Waals surface area contributed by atoms with Crippen LogP contribution in [0.3, 0.4) is 0 Å². The van der Waals surface area contributed by atoms with Gasteiger partial charge in [-0.15, -0.1) is 0 Å². The number of carbonyl (C=O) groups excluding carboxylic acids is 1. The van der Waals surface area contributed by atoms with Gasteiger partial charge in [0.1, 0.15) is 12.2 Å². The normalized spacial score (nSPS) is 11.1. The molecule has 1 aromatic heterocycles. The molecule has 0 aliphatic carbocycles. The summed E-state index contributed by atoms with van der Waals surface area (Å²) in [6, 6.07) is 15.4. The molecule has 0 unspecified atom stereocenters. The Morgan fingerprint density at radius 3 is 2.68 bits per heavy atom. The average molecular weight is 414 g/mol. The molecule has 0 bridgehead atoms. The summed E-state index contributed by atoms with van der Waals surface area (Å²) in [5, 5.41) is 3.00. The van der Waals surface area contributed by atoms with Crippen molar-refractivity contribution in [2.45, 2.75) is 6.61 Å². The van der Waals surface area contributed by atoms with Gasteiger partial charge in [0, 0.05) is 22.0 Å². The van der Waals surface area contributed by atoms with E-state index < -0.39 is 11.6 Å². The number of esters is 1. The molecule has 7 heteroatoms. The number of nitrogen functional groups attached to an aromatic ring is 1. The molecule has 0 aliphatic heterocycles. The number of benzene rings is 3. The summed E-state index contributed by atoms with van der Waals surface area (Å²) in [7, 11) is 0. The van der Waals surface area contributed by atoms with Gasteiger partial charge < -0.3 is 14.9 Å². The van der Waals surface area contributed by atoms with E-state index in [-0.39, 0.29) is 27.9 Å². The van der Waals surface area contributed by atoms with Crippen LogP contribution in [0.4, 0.5) is 5.69 Å². The summed E-state index contributed by atoms with van der Waals surface area (Å²) < 4.78 is 10.7. The van der Waals surface area contributed by atoms with Crippen LogP contribution >= 0.6 is 23.2 Å². The predicted molar refractivity (Wildman–Crippen MR) is 110 cm³/mol. The van der Waals surface area contributed by atoms with Crippen molar-refractivity contribution >= 4 is 56.6 Å². The third-order valence-corrected chi connectivity index (χ3v) is 4.92. The smallest absolute Gasteiger partial charge is 0.340 e. The lowest BCUT2D eigenvalue weighted by Crippen LogP contribution is -2.10. The number of anilines is 1. The molecule has 0 amide bonds. The largest absolute Gasteiger partial charge is 0.457 e. The van der Waals surface area contributed by atoms with E-state index in [1.165, 1.54) is 18.2 Å². The van der Waals surface area contributed by atoms with Crippen molar-refractivity contribution in [3.63, 3.8) is 0 Å². The zero-order valence-electron chi connectivity index (χ0n) is 14.4. The number of fused-ring (bicyclic) bond motifs is 3. The second kappa shape index (κ2) is 7.19. The second-order valence-electron chi connectivity index (χ2n) is 6.18. The predicted octanol–water partition coefficient (Wildman–Crippen LogP) is 5.19. The summed E-state index contributed by atoms with van der Waals surface area (Å²) in [5.74, 6) is -0.691. The highest BCUT2D eigenvalue weighted by atomic mass is 35.5. The van der Waals surface area contributed by atoms with Gasteiger partial charge in [0.25, 0.3) is 0 Å². The van der Waals surface area contributed by atoms with Gasteiger partial charge in [-0.1, -0.05) is 53.5 Å². The number of hydrogen-bond acceptors (Lipinski definition) is 5. The topological polar surface area (TPSA) is 82.5 Å². The maximum Gasteiger partial charge on any atom is 0.340 e. The van der Waals surface area contributed by atoms with Crippen LogP contribution in [0.1, 0.15) is 15.9 Å². The van der Waals surface area contributed by atoms with Crippen LogP contribution in [0, 0.1) is 0 Å². The quantitative estimate of drug-likeness (QED) is 0.216. The Morgan fingerprint density at radius 1 is 1.07 bits per heavy atom. The van der Waals surface area contributed by atoms with Crippen LogP contribution < -0.4 is 11.4 Å². The lowest BCUT2D eigenvalue weighted by molar-refractivity contribution is 0.0475. The number of carbonyl (C=O) groups is 1. The van der Waals surface area contributed by atoms with Crippen LogP contribution in [-0.4, -0.2) is 5.97 Å². The lowest BCUT2D eigenvalue weighted by atomic mass is 10.0. The molecule has 0 fully saturated rings. The first-order valence-corrected chi connectivity index (χ1v) is 9.06. The van der Waals surface area contributed by atoms with Gasteiger partial charge in [-0.3, -0.25) is 0 Å². The van der Waals surface area contributed by atoms with Gasteiger partial charge in [0.2, 0.25) is 0 Å². The highest BCUT2D eigenvalue weighted by Gasteiger charge is 2.17. The van der Waals surface area contributed by atoms with Gasteiger partial charge >= 0.3 is 11.6 Å². The summed E-state index contributed by atoms with van der Waals surface area (Å²) >= 11 is 11.9. The lowest BCUT2D eigenvalue weighted by Gasteiger charge is -2.11. The van der Waals surface area contributed by atoms with Crippen LogP contribution in [0.2, 0.25) is 10.0 Å². The first-order chi connectivity index (χ1) is 13.4. The van der Waals surface area contributed by atoms with Crippen LogP contribution in [0.5, 0.6) is 0 Å². The summed E-state index contributed by atoms with van der Waals surface area (Å²) in [5.41, 5.74) is 6.42. The van der Waals surface area contributed by atoms with Gasteiger partial charge in [-0.05, 0) is 29.0 Å². The third-order valence-electron chi connectivity index (χ3n) is 4.39. The fourth-order valence-corrected chi connectivity index (χ4v) is 3.60. The number of ether oxygens (including phenoxy) is 1. The summed E-state index contributed by atoms with van der Waals surface area (Å²) in [6.07, 6.45) is 0. The SMILES string of the molecule is Nc1c(Cl)cc(Cl)cc1C(=O)OCc1cc(=O)oc2ccc3ccccc3c12. The molecular weight excluding hydrogens is 401 g/mol. The average Bonchev–Trinajstić information content (AvgIpc) is 2.68. The van der Waals surface area contributed by atoms with Crippen LogP contribution in [0.15, 0.2) is 63.8 Å². The van der Waals surface area contributed by atoms with Crippen molar-refractivity contribution < 1.29 is 13.9 Å². The Labute approximate surface area is 169 Å². The number of rotatable bonds is 3. The standard InChI is InChI=1S/C21H13Cl2NO4/c22-13-8-15(20(24)16(23)9-13)21(26)27-10-12-7-18(25)28-17-6-5-11-3-1-2-4-14(11)19(12)17/h1-9H,10,24H2. The first kappa shape index (κ1) is 18.3. The van der Waals surface area contributed by atoms with Crippen LogP contribution in [-0.2, 0) is 11.3 Å². The van der Waals surface area contributed by atoms with E-state index in [2.05, 4.69) is 0 Å². The molecular formula is C21H13Cl2NO4. The van der Waals surface area contributed by atoms with Crippen molar-refractivity contribution in [3.8, 4) is 0 Å². The second-order valence-corrected chi connectivity index (χ2v) is 7.02. The molecule has 4 rings (SSSR count). The molecule has 2 N–H and O–H groups in total. The van der Waals surface area contributed by atoms with Crippen molar-refractivity contribution in [1.82, 2.24) is 0 Å². The number of nitrogens with two attached hydrogens (primary N) is 1. The van der Waals surface area contributed by atoms with E-state index in [4.69, 9.17) is 38.1 Å². The van der Waals surface area contributed by atoms with Gasteiger partial charge in [0.15, 0.2) is 0 Å². The molecule has 0 radical (unpaired) electrons. The van der Waals surface area contributed by atoms with Gasteiger partial charge in [0.05, 0.1) is 16.3 Å². The number of halogens is 2. The minimum absolute atomic E-state index is 0.0645. The maximum atomic E-state index is 12.5. The van der Waals surface area contributed by atoms with Crippen LogP contribution in [0.25, 0.3) is 21.7 Å². The highest BCUT2D eigenvalue weighted by Crippen LogP contribution is 2.30. The molecule has 0 saturated heterocycles. The van der Waals surface area contributed by atoms with Crippen molar-refractivity contribution in [1.29, 1.82) is 0 Å². The first-order valence-electron chi connectivity index (χ1n) is 8.30. The Balaban J connectivity index is 1.75. The molecule has 3 aromatic carbocycles. The molecule has 0 aliphatic rings. The molecule has 28 heavy (non-hydrogen) atoms. The van der Waals surface area contributed by atoms with Crippen molar-refractivity contribution in [3.05, 3.63) is 86.2 Å². The molecule has 0 atom stereocenters. The number of hydrogen-bond donors (Lipinski definition) is 1. The Kier molecular flexibility index (Phi) is 4.71.